The molecule has 1 aromatic carbocycles. The molecule has 0 unspecified atom stereocenters. The van der Waals surface area contributed by atoms with Crippen molar-refractivity contribution in [1.82, 2.24) is 5.32 Å². The molecule has 0 amide bonds. The average Bonchev–Trinajstić information content (AvgIpc) is 2.30. The van der Waals surface area contributed by atoms with Gasteiger partial charge in [0.1, 0.15) is 0 Å². The SMILES string of the molecule is CCCCCNC/C(C)=C/c1ccccc1. The highest BCUT2D eigenvalue weighted by Gasteiger charge is 1.91. The predicted octanol–water partition coefficient (Wildman–Crippen LogP) is 3.87. The van der Waals surface area contributed by atoms with E-state index in [1.165, 1.54) is 30.4 Å². The molecule has 0 saturated heterocycles. The second-order valence-electron chi connectivity index (χ2n) is 4.29. The molecule has 1 aromatic rings. The Morgan fingerprint density at radius 2 is 1.94 bits per heavy atom. The first kappa shape index (κ1) is 13.0. The predicted molar refractivity (Wildman–Crippen MR) is 72.5 cm³/mol. The van der Waals surface area contributed by atoms with Gasteiger partial charge in [-0.3, -0.25) is 0 Å². The van der Waals surface area contributed by atoms with Crippen LogP contribution in [0.1, 0.15) is 38.7 Å². The molecule has 0 aliphatic heterocycles. The van der Waals surface area contributed by atoms with Gasteiger partial charge in [0.15, 0.2) is 0 Å². The molecule has 0 fully saturated rings. The summed E-state index contributed by atoms with van der Waals surface area (Å²) in [6.07, 6.45) is 6.15. The van der Waals surface area contributed by atoms with E-state index in [0.29, 0.717) is 0 Å². The van der Waals surface area contributed by atoms with Crippen LogP contribution in [0.2, 0.25) is 0 Å². The van der Waals surface area contributed by atoms with Gasteiger partial charge in [0, 0.05) is 6.54 Å². The number of benzene rings is 1. The van der Waals surface area contributed by atoms with Gasteiger partial charge in [0.25, 0.3) is 0 Å². The Labute approximate surface area is 99.6 Å². The van der Waals surface area contributed by atoms with Crippen LogP contribution < -0.4 is 5.32 Å². The highest BCUT2D eigenvalue weighted by atomic mass is 14.8. The van der Waals surface area contributed by atoms with Gasteiger partial charge in [-0.2, -0.15) is 0 Å². The van der Waals surface area contributed by atoms with Crippen molar-refractivity contribution in [2.45, 2.75) is 33.1 Å². The topological polar surface area (TPSA) is 12.0 Å². The highest BCUT2D eigenvalue weighted by molar-refractivity contribution is 5.52. The van der Waals surface area contributed by atoms with Gasteiger partial charge >= 0.3 is 0 Å². The summed E-state index contributed by atoms with van der Waals surface area (Å²) in [6.45, 7) is 6.55. The third-order valence-corrected chi connectivity index (χ3v) is 2.57. The molecule has 0 atom stereocenters. The Bertz CT molecular complexity index is 300. The molecule has 0 spiro atoms. The van der Waals surface area contributed by atoms with Crippen LogP contribution >= 0.6 is 0 Å². The molecular formula is C15H23N. The van der Waals surface area contributed by atoms with Crippen molar-refractivity contribution >= 4 is 6.08 Å². The normalized spacial score (nSPS) is 11.8. The summed E-state index contributed by atoms with van der Waals surface area (Å²) >= 11 is 0. The van der Waals surface area contributed by atoms with Crippen LogP contribution in [0, 0.1) is 0 Å². The van der Waals surface area contributed by atoms with E-state index >= 15 is 0 Å². The van der Waals surface area contributed by atoms with Crippen LogP contribution in [0.25, 0.3) is 6.08 Å². The lowest BCUT2D eigenvalue weighted by molar-refractivity contribution is 0.640. The molecule has 1 heteroatoms. The van der Waals surface area contributed by atoms with E-state index in [-0.39, 0.29) is 0 Å². The summed E-state index contributed by atoms with van der Waals surface area (Å²) in [5.74, 6) is 0. The van der Waals surface area contributed by atoms with Gasteiger partial charge < -0.3 is 5.32 Å². The van der Waals surface area contributed by atoms with Crippen molar-refractivity contribution in [2.75, 3.05) is 13.1 Å². The third kappa shape index (κ3) is 5.72. The fraction of sp³-hybridized carbons (Fsp3) is 0.467. The van der Waals surface area contributed by atoms with Crippen LogP contribution in [0.5, 0.6) is 0 Å². The van der Waals surface area contributed by atoms with Gasteiger partial charge in [-0.05, 0) is 25.5 Å². The molecule has 0 saturated carbocycles. The molecule has 0 heterocycles. The number of unbranched alkanes of at least 4 members (excludes halogenated alkanes) is 2. The summed E-state index contributed by atoms with van der Waals surface area (Å²) < 4.78 is 0. The molecule has 16 heavy (non-hydrogen) atoms. The fourth-order valence-corrected chi connectivity index (χ4v) is 1.67. The molecule has 0 aromatic heterocycles. The second kappa shape index (κ2) is 8.12. The van der Waals surface area contributed by atoms with E-state index in [9.17, 15) is 0 Å². The van der Waals surface area contributed by atoms with Crippen molar-refractivity contribution in [3.8, 4) is 0 Å². The van der Waals surface area contributed by atoms with Gasteiger partial charge in [-0.1, -0.05) is 61.7 Å². The smallest absolute Gasteiger partial charge is 0.0165 e. The maximum Gasteiger partial charge on any atom is 0.0165 e. The molecule has 0 radical (unpaired) electrons. The van der Waals surface area contributed by atoms with E-state index in [1.807, 2.05) is 0 Å². The maximum absolute atomic E-state index is 3.47. The molecule has 0 bridgehead atoms. The molecule has 0 aliphatic rings. The first-order valence-corrected chi connectivity index (χ1v) is 6.26. The molecule has 88 valence electrons. The lowest BCUT2D eigenvalue weighted by atomic mass is 10.1. The van der Waals surface area contributed by atoms with E-state index < -0.39 is 0 Å². The zero-order valence-corrected chi connectivity index (χ0v) is 10.5. The van der Waals surface area contributed by atoms with Crippen molar-refractivity contribution < 1.29 is 0 Å². The Morgan fingerprint density at radius 1 is 1.19 bits per heavy atom. The van der Waals surface area contributed by atoms with Gasteiger partial charge in [-0.25, -0.2) is 0 Å². The fourth-order valence-electron chi connectivity index (χ4n) is 1.67. The van der Waals surface area contributed by atoms with Crippen LogP contribution in [0.15, 0.2) is 35.9 Å². The lowest BCUT2D eigenvalue weighted by Crippen LogP contribution is -2.17. The minimum atomic E-state index is 0.999. The Hall–Kier alpha value is -1.08. The maximum atomic E-state index is 3.47. The van der Waals surface area contributed by atoms with Gasteiger partial charge in [0.05, 0.1) is 0 Å². The standard InChI is InChI=1S/C15H23N/c1-3-4-8-11-16-13-14(2)12-15-9-6-5-7-10-15/h5-7,9-10,12,16H,3-4,8,11,13H2,1-2H3/b14-12+. The number of nitrogens with one attached hydrogen (secondary N) is 1. The van der Waals surface area contributed by atoms with E-state index in [2.05, 4.69) is 55.6 Å². The van der Waals surface area contributed by atoms with Crippen LogP contribution in [0.3, 0.4) is 0 Å². The molecule has 1 nitrogen and oxygen atoms in total. The van der Waals surface area contributed by atoms with E-state index in [0.717, 1.165) is 13.1 Å². The third-order valence-electron chi connectivity index (χ3n) is 2.57. The van der Waals surface area contributed by atoms with E-state index in [1.54, 1.807) is 0 Å². The van der Waals surface area contributed by atoms with Crippen molar-refractivity contribution in [3.05, 3.63) is 41.5 Å². The number of rotatable bonds is 7. The Kier molecular flexibility index (Phi) is 6.59. The lowest BCUT2D eigenvalue weighted by Gasteiger charge is -2.04. The van der Waals surface area contributed by atoms with Crippen molar-refractivity contribution in [2.24, 2.45) is 0 Å². The minimum Gasteiger partial charge on any atom is -0.313 e. The monoisotopic (exact) mass is 217 g/mol. The average molecular weight is 217 g/mol. The summed E-state index contributed by atoms with van der Waals surface area (Å²) in [5, 5.41) is 3.47. The number of hydrogen-bond acceptors (Lipinski definition) is 1. The Morgan fingerprint density at radius 3 is 2.62 bits per heavy atom. The zero-order chi connectivity index (χ0) is 11.6. The summed E-state index contributed by atoms with van der Waals surface area (Å²) in [5.41, 5.74) is 2.68. The summed E-state index contributed by atoms with van der Waals surface area (Å²) in [7, 11) is 0. The van der Waals surface area contributed by atoms with Crippen molar-refractivity contribution in [3.63, 3.8) is 0 Å². The minimum absolute atomic E-state index is 0.999. The summed E-state index contributed by atoms with van der Waals surface area (Å²) in [4.78, 5) is 0. The molecular weight excluding hydrogens is 194 g/mol. The molecule has 1 rings (SSSR count). The molecule has 1 N–H and O–H groups in total. The quantitative estimate of drug-likeness (QED) is 0.684. The van der Waals surface area contributed by atoms with Gasteiger partial charge in [-0.15, -0.1) is 0 Å². The summed E-state index contributed by atoms with van der Waals surface area (Å²) in [6, 6.07) is 10.5. The highest BCUT2D eigenvalue weighted by Crippen LogP contribution is 2.05. The Balaban J connectivity index is 2.24. The van der Waals surface area contributed by atoms with Crippen LogP contribution in [-0.2, 0) is 0 Å². The largest absolute Gasteiger partial charge is 0.313 e. The van der Waals surface area contributed by atoms with Crippen molar-refractivity contribution in [1.29, 1.82) is 0 Å². The van der Waals surface area contributed by atoms with Gasteiger partial charge in [0.2, 0.25) is 0 Å². The van der Waals surface area contributed by atoms with E-state index in [4.69, 9.17) is 0 Å². The number of hydrogen-bond donors (Lipinski definition) is 1. The first-order chi connectivity index (χ1) is 7.83. The van der Waals surface area contributed by atoms with Crippen LogP contribution in [0.4, 0.5) is 0 Å². The van der Waals surface area contributed by atoms with Crippen LogP contribution in [-0.4, -0.2) is 13.1 Å². The second-order valence-corrected chi connectivity index (χ2v) is 4.29. The zero-order valence-electron chi connectivity index (χ0n) is 10.5. The first-order valence-electron chi connectivity index (χ1n) is 6.26. The molecule has 0 aliphatic carbocycles.